The van der Waals surface area contributed by atoms with Crippen molar-refractivity contribution in [1.82, 2.24) is 0 Å². The lowest BCUT2D eigenvalue weighted by molar-refractivity contribution is -0.0970. The van der Waals surface area contributed by atoms with Crippen LogP contribution in [0.4, 0.5) is 0 Å². The van der Waals surface area contributed by atoms with Crippen LogP contribution in [0.15, 0.2) is 11.6 Å². The van der Waals surface area contributed by atoms with Crippen LogP contribution < -0.4 is 0 Å². The van der Waals surface area contributed by atoms with E-state index < -0.39 is 0 Å². The molecule has 29 heavy (non-hydrogen) atoms. The summed E-state index contributed by atoms with van der Waals surface area (Å²) in [5, 5.41) is 21.5. The fourth-order valence-corrected chi connectivity index (χ4v) is 8.65. The molecule has 0 aliphatic heterocycles. The van der Waals surface area contributed by atoms with Crippen LogP contribution in [0.5, 0.6) is 0 Å². The van der Waals surface area contributed by atoms with Gasteiger partial charge in [0.05, 0.1) is 12.2 Å². The highest BCUT2D eigenvalue weighted by atomic mass is 16.3. The zero-order chi connectivity index (χ0) is 21.0. The molecule has 4 aliphatic rings. The third kappa shape index (κ3) is 3.65. The molecule has 0 amide bonds. The standard InChI is InChI=1S/C27H46O2/c1-17(2)7-6-8-18(3)21-9-10-22-25-23(12-14-27(21,22)5)26(4)13-11-20(28)15-19(26)16-24(25)29/h16-18,20-25,28-29H,6-15H2,1-5H3/t18-,20+,21-,22?,23?,24-,25?,26+,27-/m1/s1. The minimum Gasteiger partial charge on any atom is -0.393 e. The molecule has 3 saturated carbocycles. The molecule has 2 nitrogen and oxygen atoms in total. The van der Waals surface area contributed by atoms with E-state index in [0.717, 1.165) is 37.0 Å². The third-order valence-corrected chi connectivity index (χ3v) is 10.3. The summed E-state index contributed by atoms with van der Waals surface area (Å²) in [6.07, 6.45) is 13.9. The van der Waals surface area contributed by atoms with Crippen molar-refractivity contribution in [1.29, 1.82) is 0 Å². The van der Waals surface area contributed by atoms with Crippen LogP contribution in [0.3, 0.4) is 0 Å². The van der Waals surface area contributed by atoms with Crippen molar-refractivity contribution in [3.63, 3.8) is 0 Å². The van der Waals surface area contributed by atoms with Gasteiger partial charge in [0, 0.05) is 0 Å². The maximum absolute atomic E-state index is 11.3. The van der Waals surface area contributed by atoms with Gasteiger partial charge in [0.15, 0.2) is 0 Å². The second-order valence-electron chi connectivity index (χ2n) is 12.3. The molecule has 3 unspecified atom stereocenters. The van der Waals surface area contributed by atoms with Gasteiger partial charge < -0.3 is 10.2 Å². The van der Waals surface area contributed by atoms with Crippen LogP contribution in [0.2, 0.25) is 0 Å². The van der Waals surface area contributed by atoms with Crippen LogP contribution in [0.25, 0.3) is 0 Å². The molecule has 9 atom stereocenters. The number of hydrogen-bond donors (Lipinski definition) is 2. The van der Waals surface area contributed by atoms with Crippen LogP contribution in [0, 0.1) is 46.3 Å². The normalized spacial score (nSPS) is 47.9. The van der Waals surface area contributed by atoms with Crippen LogP contribution in [-0.4, -0.2) is 22.4 Å². The summed E-state index contributed by atoms with van der Waals surface area (Å²) >= 11 is 0. The quantitative estimate of drug-likeness (QED) is 0.525. The molecule has 0 heterocycles. The Morgan fingerprint density at radius 3 is 2.45 bits per heavy atom. The molecular formula is C27H46O2. The van der Waals surface area contributed by atoms with Crippen molar-refractivity contribution < 1.29 is 10.2 Å². The number of aliphatic hydroxyl groups excluding tert-OH is 2. The van der Waals surface area contributed by atoms with Gasteiger partial charge in [-0.2, -0.15) is 0 Å². The minimum atomic E-state index is -0.298. The third-order valence-electron chi connectivity index (χ3n) is 10.3. The zero-order valence-electron chi connectivity index (χ0n) is 19.7. The van der Waals surface area contributed by atoms with Crippen molar-refractivity contribution in [3.8, 4) is 0 Å². The van der Waals surface area contributed by atoms with Gasteiger partial charge in [-0.3, -0.25) is 0 Å². The summed E-state index contributed by atoms with van der Waals surface area (Å²) in [7, 11) is 0. The van der Waals surface area contributed by atoms with Crippen molar-refractivity contribution in [3.05, 3.63) is 11.6 Å². The molecule has 0 saturated heterocycles. The molecule has 4 aliphatic carbocycles. The van der Waals surface area contributed by atoms with E-state index in [9.17, 15) is 10.2 Å². The summed E-state index contributed by atoms with van der Waals surface area (Å²) in [4.78, 5) is 0. The molecule has 0 spiro atoms. The van der Waals surface area contributed by atoms with Crippen molar-refractivity contribution in [2.45, 2.75) is 111 Å². The predicted octanol–water partition coefficient (Wildman–Crippen LogP) is 6.36. The van der Waals surface area contributed by atoms with Gasteiger partial charge in [-0.15, -0.1) is 0 Å². The van der Waals surface area contributed by atoms with Crippen LogP contribution in [0.1, 0.15) is 98.8 Å². The van der Waals surface area contributed by atoms with E-state index in [1.165, 1.54) is 50.5 Å². The number of rotatable bonds is 5. The first-order chi connectivity index (χ1) is 13.7. The average molecular weight is 403 g/mol. The Morgan fingerprint density at radius 1 is 0.966 bits per heavy atom. The smallest absolute Gasteiger partial charge is 0.0757 e. The Balaban J connectivity index is 1.54. The largest absolute Gasteiger partial charge is 0.393 e. The summed E-state index contributed by atoms with van der Waals surface area (Å²) in [6.45, 7) is 12.2. The fraction of sp³-hybridized carbons (Fsp3) is 0.926. The Bertz CT molecular complexity index is 624. The lowest BCUT2D eigenvalue weighted by atomic mass is 9.46. The van der Waals surface area contributed by atoms with E-state index in [2.05, 4.69) is 40.7 Å². The molecule has 2 heteroatoms. The first-order valence-electron chi connectivity index (χ1n) is 12.7. The number of aliphatic hydroxyl groups is 2. The second-order valence-corrected chi connectivity index (χ2v) is 12.3. The maximum atomic E-state index is 11.3. The van der Waals surface area contributed by atoms with E-state index in [4.69, 9.17) is 0 Å². The Kier molecular flexibility index (Phi) is 6.01. The van der Waals surface area contributed by atoms with E-state index in [-0.39, 0.29) is 17.6 Å². The lowest BCUT2D eigenvalue weighted by Gasteiger charge is -2.59. The highest BCUT2D eigenvalue weighted by molar-refractivity contribution is 5.27. The van der Waals surface area contributed by atoms with Gasteiger partial charge in [-0.25, -0.2) is 0 Å². The molecule has 4 rings (SSSR count). The second kappa shape index (κ2) is 7.97. The monoisotopic (exact) mass is 402 g/mol. The Morgan fingerprint density at radius 2 is 1.72 bits per heavy atom. The van der Waals surface area contributed by atoms with Gasteiger partial charge in [0.2, 0.25) is 0 Å². The van der Waals surface area contributed by atoms with E-state index in [1.807, 2.05) is 0 Å². The van der Waals surface area contributed by atoms with Crippen LogP contribution in [-0.2, 0) is 0 Å². The summed E-state index contributed by atoms with van der Waals surface area (Å²) in [6, 6.07) is 0. The van der Waals surface area contributed by atoms with Crippen LogP contribution >= 0.6 is 0 Å². The molecule has 2 N–H and O–H groups in total. The van der Waals surface area contributed by atoms with Gasteiger partial charge in [0.1, 0.15) is 0 Å². The Labute approximate surface area is 179 Å². The number of hydrogen-bond acceptors (Lipinski definition) is 2. The SMILES string of the molecule is CC(C)CCC[C@@H](C)[C@H]1CCC2C3C(CC[C@@]21C)[C@@]1(C)CC[C@H](O)CC1=C[C@H]3O. The molecule has 0 aromatic carbocycles. The number of fused-ring (bicyclic) bond motifs is 5. The van der Waals surface area contributed by atoms with Gasteiger partial charge in [-0.1, -0.05) is 65.5 Å². The average Bonchev–Trinajstić information content (AvgIpc) is 3.00. The summed E-state index contributed by atoms with van der Waals surface area (Å²) < 4.78 is 0. The molecule has 166 valence electrons. The molecular weight excluding hydrogens is 356 g/mol. The van der Waals surface area contributed by atoms with Gasteiger partial charge >= 0.3 is 0 Å². The van der Waals surface area contributed by atoms with Crippen molar-refractivity contribution in [2.75, 3.05) is 0 Å². The van der Waals surface area contributed by atoms with E-state index in [0.29, 0.717) is 23.2 Å². The Hall–Kier alpha value is -0.340. The zero-order valence-corrected chi connectivity index (χ0v) is 19.7. The van der Waals surface area contributed by atoms with E-state index >= 15 is 0 Å². The molecule has 0 radical (unpaired) electrons. The van der Waals surface area contributed by atoms with Gasteiger partial charge in [0.25, 0.3) is 0 Å². The summed E-state index contributed by atoms with van der Waals surface area (Å²) in [5.41, 5.74) is 1.99. The van der Waals surface area contributed by atoms with Gasteiger partial charge in [-0.05, 0) is 91.3 Å². The first kappa shape index (κ1) is 21.9. The molecule has 0 aromatic rings. The first-order valence-corrected chi connectivity index (χ1v) is 12.7. The van der Waals surface area contributed by atoms with Crippen molar-refractivity contribution in [2.24, 2.45) is 46.3 Å². The molecule has 0 aromatic heterocycles. The predicted molar refractivity (Wildman–Crippen MR) is 120 cm³/mol. The summed E-state index contributed by atoms with van der Waals surface area (Å²) in [5.74, 6) is 4.18. The van der Waals surface area contributed by atoms with Crippen molar-refractivity contribution >= 4 is 0 Å². The van der Waals surface area contributed by atoms with E-state index in [1.54, 1.807) is 0 Å². The fourth-order valence-electron chi connectivity index (χ4n) is 8.65. The molecule has 3 fully saturated rings. The minimum absolute atomic E-state index is 0.200. The highest BCUT2D eigenvalue weighted by Crippen LogP contribution is 2.67. The lowest BCUT2D eigenvalue weighted by Crippen LogP contribution is -2.54. The highest BCUT2D eigenvalue weighted by Gasteiger charge is 2.61. The topological polar surface area (TPSA) is 40.5 Å². The maximum Gasteiger partial charge on any atom is 0.0757 e. The molecule has 0 bridgehead atoms.